The summed E-state index contributed by atoms with van der Waals surface area (Å²) in [6.07, 6.45) is -8.27. The summed E-state index contributed by atoms with van der Waals surface area (Å²) < 4.78 is 51.1. The predicted molar refractivity (Wildman–Crippen MR) is 36.9 cm³/mol. The lowest BCUT2D eigenvalue weighted by Crippen LogP contribution is -2.29. The number of hydrogen-bond donors (Lipinski definition) is 0. The number of benzene rings is 1. The highest BCUT2D eigenvalue weighted by molar-refractivity contribution is 5.20. The molecule has 0 aromatic heterocycles. The third-order valence-electron chi connectivity index (χ3n) is 1.18. The molecule has 0 aliphatic rings. The van der Waals surface area contributed by atoms with Crippen molar-refractivity contribution < 1.29 is 22.3 Å². The van der Waals surface area contributed by atoms with Crippen LogP contribution in [0.1, 0.15) is 0 Å². The molecule has 0 heterocycles. The number of halogens is 4. The zero-order valence-electron chi connectivity index (χ0n) is 6.31. The maximum Gasteiger partial charge on any atom is 0.457 e. The lowest BCUT2D eigenvalue weighted by Gasteiger charge is -2.13. The van der Waals surface area contributed by atoms with E-state index in [1.807, 2.05) is 0 Å². The molecule has 71 valence electrons. The lowest BCUT2D eigenvalue weighted by molar-refractivity contribution is -0.236. The molecule has 0 N–H and O–H groups in total. The van der Waals surface area contributed by atoms with Gasteiger partial charge in [0.2, 0.25) is 0 Å². The standard InChI is InChI=1S/C8H5F4O/c9-7(8(10,11)12)13-6-4-2-1-3-5-6/h2-5,7H. The Morgan fingerprint density at radius 3 is 2.23 bits per heavy atom. The largest absolute Gasteiger partial charge is 0.457 e. The molecule has 1 radical (unpaired) electrons. The molecule has 0 aliphatic carbocycles. The van der Waals surface area contributed by atoms with E-state index in [1.54, 1.807) is 0 Å². The van der Waals surface area contributed by atoms with Crippen LogP contribution in [0.15, 0.2) is 24.3 Å². The topological polar surface area (TPSA) is 9.23 Å². The van der Waals surface area contributed by atoms with Crippen LogP contribution in [0.2, 0.25) is 0 Å². The van der Waals surface area contributed by atoms with Crippen molar-refractivity contribution in [2.45, 2.75) is 12.5 Å². The first kappa shape index (κ1) is 9.83. The molecular formula is C8H5F4O. The molecule has 0 aliphatic heterocycles. The summed E-state index contributed by atoms with van der Waals surface area (Å²) in [5.41, 5.74) is 0. The van der Waals surface area contributed by atoms with Crippen LogP contribution in [0, 0.1) is 6.07 Å². The van der Waals surface area contributed by atoms with Gasteiger partial charge in [0.15, 0.2) is 0 Å². The highest BCUT2D eigenvalue weighted by Gasteiger charge is 2.42. The van der Waals surface area contributed by atoms with E-state index in [4.69, 9.17) is 0 Å². The molecule has 1 unspecified atom stereocenters. The van der Waals surface area contributed by atoms with E-state index in [0.717, 1.165) is 0 Å². The monoisotopic (exact) mass is 193 g/mol. The minimum absolute atomic E-state index is 0.177. The van der Waals surface area contributed by atoms with Crippen molar-refractivity contribution in [1.29, 1.82) is 0 Å². The van der Waals surface area contributed by atoms with Crippen molar-refractivity contribution >= 4 is 0 Å². The second-order valence-electron chi connectivity index (χ2n) is 2.21. The van der Waals surface area contributed by atoms with Gasteiger partial charge in [0, 0.05) is 0 Å². The number of hydrogen-bond acceptors (Lipinski definition) is 1. The van der Waals surface area contributed by atoms with Gasteiger partial charge in [-0.05, 0) is 18.2 Å². The van der Waals surface area contributed by atoms with Gasteiger partial charge in [-0.25, -0.2) is 0 Å². The fourth-order valence-electron chi connectivity index (χ4n) is 0.636. The van der Waals surface area contributed by atoms with Crippen LogP contribution < -0.4 is 4.74 Å². The van der Waals surface area contributed by atoms with Crippen molar-refractivity contribution in [1.82, 2.24) is 0 Å². The van der Waals surface area contributed by atoms with Gasteiger partial charge in [-0.3, -0.25) is 0 Å². The van der Waals surface area contributed by atoms with E-state index in [2.05, 4.69) is 10.8 Å². The summed E-state index contributed by atoms with van der Waals surface area (Å²) in [6, 6.07) is 7.61. The molecule has 1 rings (SSSR count). The normalized spacial score (nSPS) is 13.8. The fourth-order valence-corrected chi connectivity index (χ4v) is 0.636. The average molecular weight is 193 g/mol. The van der Waals surface area contributed by atoms with Gasteiger partial charge in [-0.2, -0.15) is 17.6 Å². The highest BCUT2D eigenvalue weighted by Crippen LogP contribution is 2.25. The van der Waals surface area contributed by atoms with E-state index in [0.29, 0.717) is 0 Å². The fraction of sp³-hybridized carbons (Fsp3) is 0.250. The predicted octanol–water partition coefficient (Wildman–Crippen LogP) is 2.72. The quantitative estimate of drug-likeness (QED) is 0.656. The number of rotatable bonds is 2. The van der Waals surface area contributed by atoms with Gasteiger partial charge in [-0.1, -0.05) is 12.1 Å². The minimum atomic E-state index is -4.99. The summed E-state index contributed by atoms with van der Waals surface area (Å²) in [5.74, 6) is -0.177. The number of alkyl halides is 4. The molecule has 0 bridgehead atoms. The summed E-state index contributed by atoms with van der Waals surface area (Å²) in [5, 5.41) is 0. The SMILES string of the molecule is FC(Oc1cc[c]cc1)C(F)(F)F. The molecule has 1 aromatic carbocycles. The maximum absolute atomic E-state index is 12.2. The van der Waals surface area contributed by atoms with Crippen LogP contribution in [0.4, 0.5) is 17.6 Å². The van der Waals surface area contributed by atoms with Crippen LogP contribution >= 0.6 is 0 Å². The van der Waals surface area contributed by atoms with Crippen molar-refractivity contribution in [2.24, 2.45) is 0 Å². The van der Waals surface area contributed by atoms with E-state index < -0.39 is 12.5 Å². The Labute approximate surface area is 71.9 Å². The van der Waals surface area contributed by atoms with Gasteiger partial charge in [-0.15, -0.1) is 0 Å². The third-order valence-corrected chi connectivity index (χ3v) is 1.18. The molecule has 0 saturated carbocycles. The molecular weight excluding hydrogens is 188 g/mol. The highest BCUT2D eigenvalue weighted by atomic mass is 19.4. The Bertz CT molecular complexity index is 257. The first-order valence-corrected chi connectivity index (χ1v) is 3.34. The van der Waals surface area contributed by atoms with E-state index >= 15 is 0 Å². The van der Waals surface area contributed by atoms with Crippen LogP contribution in [0.3, 0.4) is 0 Å². The Morgan fingerprint density at radius 2 is 1.77 bits per heavy atom. The van der Waals surface area contributed by atoms with Crippen molar-refractivity contribution in [3.63, 3.8) is 0 Å². The Balaban J connectivity index is 2.61. The second-order valence-corrected chi connectivity index (χ2v) is 2.21. The maximum atomic E-state index is 12.2. The smallest absolute Gasteiger partial charge is 0.452 e. The van der Waals surface area contributed by atoms with Crippen LogP contribution in [0.5, 0.6) is 5.75 Å². The van der Waals surface area contributed by atoms with E-state index in [1.165, 1.54) is 24.3 Å². The van der Waals surface area contributed by atoms with Gasteiger partial charge in [0.05, 0.1) is 0 Å². The Hall–Kier alpha value is -1.26. The van der Waals surface area contributed by atoms with Gasteiger partial charge in [0.1, 0.15) is 5.75 Å². The van der Waals surface area contributed by atoms with Crippen molar-refractivity contribution in [3.8, 4) is 5.75 Å². The van der Waals surface area contributed by atoms with E-state index in [-0.39, 0.29) is 5.75 Å². The zero-order valence-corrected chi connectivity index (χ0v) is 6.31. The number of ether oxygens (including phenoxy) is 1. The van der Waals surface area contributed by atoms with E-state index in [9.17, 15) is 17.6 Å². The van der Waals surface area contributed by atoms with Crippen LogP contribution in [-0.4, -0.2) is 12.5 Å². The van der Waals surface area contributed by atoms with Crippen molar-refractivity contribution in [2.75, 3.05) is 0 Å². The summed E-state index contributed by atoms with van der Waals surface area (Å²) >= 11 is 0. The molecule has 1 atom stereocenters. The van der Waals surface area contributed by atoms with Crippen LogP contribution in [-0.2, 0) is 0 Å². The molecule has 13 heavy (non-hydrogen) atoms. The summed E-state index contributed by atoms with van der Waals surface area (Å²) in [7, 11) is 0. The van der Waals surface area contributed by atoms with Crippen LogP contribution in [0.25, 0.3) is 0 Å². The molecule has 0 fully saturated rings. The molecule has 0 spiro atoms. The molecule has 0 amide bonds. The summed E-state index contributed by atoms with van der Waals surface area (Å²) in [6.45, 7) is 0. The lowest BCUT2D eigenvalue weighted by atomic mass is 10.3. The Kier molecular flexibility index (Phi) is 2.75. The third kappa shape index (κ3) is 2.93. The summed E-state index contributed by atoms with van der Waals surface area (Å²) in [4.78, 5) is 0. The minimum Gasteiger partial charge on any atom is -0.452 e. The van der Waals surface area contributed by atoms with Crippen molar-refractivity contribution in [3.05, 3.63) is 30.3 Å². The van der Waals surface area contributed by atoms with Gasteiger partial charge in [0.25, 0.3) is 0 Å². The molecule has 1 aromatic rings. The Morgan fingerprint density at radius 1 is 1.23 bits per heavy atom. The van der Waals surface area contributed by atoms with Gasteiger partial charge >= 0.3 is 12.5 Å². The molecule has 1 nitrogen and oxygen atoms in total. The molecule has 5 heteroatoms. The molecule has 0 saturated heterocycles. The first-order chi connectivity index (χ1) is 6.00. The average Bonchev–Trinajstić information content (AvgIpc) is 2.04. The first-order valence-electron chi connectivity index (χ1n) is 3.34. The van der Waals surface area contributed by atoms with Gasteiger partial charge < -0.3 is 4.74 Å². The second kappa shape index (κ2) is 3.64. The zero-order chi connectivity index (χ0) is 9.90.